The molecule has 0 atom stereocenters. The SMILES string of the molecule is CC(=N)/C=C\C=C(C)C. The van der Waals surface area contributed by atoms with Crippen LogP contribution in [0.25, 0.3) is 0 Å². The fraction of sp³-hybridized carbons (Fsp3) is 0.375. The summed E-state index contributed by atoms with van der Waals surface area (Å²) in [5.74, 6) is 0. The minimum absolute atomic E-state index is 0.590. The first-order chi connectivity index (χ1) is 4.13. The van der Waals surface area contributed by atoms with Crippen molar-refractivity contribution < 1.29 is 0 Å². The Hall–Kier alpha value is -0.850. The van der Waals surface area contributed by atoms with Gasteiger partial charge in [-0.05, 0) is 26.8 Å². The minimum Gasteiger partial charge on any atom is -0.306 e. The number of rotatable bonds is 2. The van der Waals surface area contributed by atoms with Crippen molar-refractivity contribution in [1.82, 2.24) is 0 Å². The largest absolute Gasteiger partial charge is 0.306 e. The molecule has 0 heterocycles. The Kier molecular flexibility index (Phi) is 3.69. The first-order valence-electron chi connectivity index (χ1n) is 2.99. The number of allylic oxidation sites excluding steroid dienone is 4. The van der Waals surface area contributed by atoms with Crippen LogP contribution < -0.4 is 0 Å². The molecule has 9 heavy (non-hydrogen) atoms. The van der Waals surface area contributed by atoms with Crippen LogP contribution in [-0.4, -0.2) is 5.71 Å². The standard InChI is InChI=1S/C8H13N/c1-7(2)5-4-6-8(3)9/h4-6,9H,1-3H3/b6-4-,9-8?. The predicted octanol–water partition coefficient (Wildman–Crippen LogP) is 2.55. The van der Waals surface area contributed by atoms with Crippen molar-refractivity contribution >= 4 is 5.71 Å². The molecule has 0 aromatic rings. The fourth-order valence-electron chi connectivity index (χ4n) is 0.385. The molecule has 1 nitrogen and oxygen atoms in total. The summed E-state index contributed by atoms with van der Waals surface area (Å²) >= 11 is 0. The summed E-state index contributed by atoms with van der Waals surface area (Å²) in [5, 5.41) is 7.02. The van der Waals surface area contributed by atoms with E-state index < -0.39 is 0 Å². The topological polar surface area (TPSA) is 23.9 Å². The van der Waals surface area contributed by atoms with E-state index >= 15 is 0 Å². The van der Waals surface area contributed by atoms with Gasteiger partial charge in [0, 0.05) is 5.71 Å². The van der Waals surface area contributed by atoms with Crippen molar-refractivity contribution in [3.8, 4) is 0 Å². The Balaban J connectivity index is 3.74. The quantitative estimate of drug-likeness (QED) is 0.431. The minimum atomic E-state index is 0.590. The highest BCUT2D eigenvalue weighted by Crippen LogP contribution is 1.88. The van der Waals surface area contributed by atoms with E-state index in [9.17, 15) is 0 Å². The highest BCUT2D eigenvalue weighted by Gasteiger charge is 1.73. The molecule has 0 aliphatic rings. The van der Waals surface area contributed by atoms with Crippen molar-refractivity contribution in [3.05, 3.63) is 23.8 Å². The van der Waals surface area contributed by atoms with Crippen LogP contribution >= 0.6 is 0 Å². The van der Waals surface area contributed by atoms with Crippen LogP contribution in [0.15, 0.2) is 23.8 Å². The molecule has 0 aromatic carbocycles. The summed E-state index contributed by atoms with van der Waals surface area (Å²) in [4.78, 5) is 0. The van der Waals surface area contributed by atoms with E-state index in [4.69, 9.17) is 5.41 Å². The van der Waals surface area contributed by atoms with E-state index in [-0.39, 0.29) is 0 Å². The molecule has 0 unspecified atom stereocenters. The van der Waals surface area contributed by atoms with Crippen LogP contribution in [-0.2, 0) is 0 Å². The molecule has 0 bridgehead atoms. The van der Waals surface area contributed by atoms with Gasteiger partial charge in [-0.3, -0.25) is 0 Å². The molecule has 1 N–H and O–H groups in total. The van der Waals surface area contributed by atoms with Gasteiger partial charge in [0.05, 0.1) is 0 Å². The third-order valence-electron chi connectivity index (χ3n) is 0.776. The highest BCUT2D eigenvalue weighted by molar-refractivity contribution is 5.90. The molecule has 0 aliphatic heterocycles. The van der Waals surface area contributed by atoms with Gasteiger partial charge in [0.2, 0.25) is 0 Å². The summed E-state index contributed by atoms with van der Waals surface area (Å²) < 4.78 is 0. The van der Waals surface area contributed by atoms with E-state index in [0.29, 0.717) is 5.71 Å². The van der Waals surface area contributed by atoms with E-state index in [0.717, 1.165) is 0 Å². The van der Waals surface area contributed by atoms with Crippen LogP contribution in [0, 0.1) is 5.41 Å². The Morgan fingerprint density at radius 1 is 1.22 bits per heavy atom. The lowest BCUT2D eigenvalue weighted by Gasteiger charge is -1.82. The van der Waals surface area contributed by atoms with Gasteiger partial charge < -0.3 is 5.41 Å². The third kappa shape index (κ3) is 7.15. The molecular weight excluding hydrogens is 110 g/mol. The Labute approximate surface area is 56.6 Å². The van der Waals surface area contributed by atoms with Crippen molar-refractivity contribution in [3.63, 3.8) is 0 Å². The smallest absolute Gasteiger partial charge is 0.0282 e. The van der Waals surface area contributed by atoms with E-state index in [1.165, 1.54) is 5.57 Å². The second kappa shape index (κ2) is 4.07. The van der Waals surface area contributed by atoms with Crippen LogP contribution in [0.3, 0.4) is 0 Å². The van der Waals surface area contributed by atoms with Crippen molar-refractivity contribution in [2.24, 2.45) is 0 Å². The van der Waals surface area contributed by atoms with Crippen LogP contribution in [0.2, 0.25) is 0 Å². The molecule has 0 amide bonds. The fourth-order valence-corrected chi connectivity index (χ4v) is 0.385. The van der Waals surface area contributed by atoms with Gasteiger partial charge in [-0.1, -0.05) is 17.7 Å². The molecule has 0 aliphatic carbocycles. The molecular formula is C8H13N. The van der Waals surface area contributed by atoms with Crippen molar-refractivity contribution in [2.75, 3.05) is 0 Å². The molecule has 0 spiro atoms. The Bertz CT molecular complexity index is 148. The molecule has 0 aromatic heterocycles. The van der Waals surface area contributed by atoms with Crippen LogP contribution in [0.4, 0.5) is 0 Å². The van der Waals surface area contributed by atoms with Gasteiger partial charge in [-0.2, -0.15) is 0 Å². The second-order valence-corrected chi connectivity index (χ2v) is 2.29. The third-order valence-corrected chi connectivity index (χ3v) is 0.776. The highest BCUT2D eigenvalue weighted by atomic mass is 14.4. The van der Waals surface area contributed by atoms with Crippen LogP contribution in [0.5, 0.6) is 0 Å². The van der Waals surface area contributed by atoms with Gasteiger partial charge in [0.15, 0.2) is 0 Å². The summed E-state index contributed by atoms with van der Waals surface area (Å²) in [6.07, 6.45) is 5.64. The number of hydrogen-bond donors (Lipinski definition) is 1. The zero-order valence-corrected chi connectivity index (χ0v) is 6.23. The maximum atomic E-state index is 7.02. The van der Waals surface area contributed by atoms with Gasteiger partial charge in [0.1, 0.15) is 0 Å². The Morgan fingerprint density at radius 2 is 1.78 bits per heavy atom. The van der Waals surface area contributed by atoms with Gasteiger partial charge in [-0.15, -0.1) is 0 Å². The average molecular weight is 123 g/mol. The number of nitrogens with one attached hydrogen (secondary N) is 1. The van der Waals surface area contributed by atoms with Crippen molar-refractivity contribution in [2.45, 2.75) is 20.8 Å². The summed E-state index contributed by atoms with van der Waals surface area (Å²) in [6.45, 7) is 5.82. The monoisotopic (exact) mass is 123 g/mol. The van der Waals surface area contributed by atoms with Crippen molar-refractivity contribution in [1.29, 1.82) is 5.41 Å². The lowest BCUT2D eigenvalue weighted by Crippen LogP contribution is -1.75. The first kappa shape index (κ1) is 8.15. The normalized spacial score (nSPS) is 9.67. The first-order valence-corrected chi connectivity index (χ1v) is 2.99. The zero-order valence-electron chi connectivity index (χ0n) is 6.23. The van der Waals surface area contributed by atoms with E-state index in [2.05, 4.69) is 0 Å². The van der Waals surface area contributed by atoms with E-state index in [1.54, 1.807) is 13.0 Å². The van der Waals surface area contributed by atoms with Gasteiger partial charge >= 0.3 is 0 Å². The molecule has 50 valence electrons. The van der Waals surface area contributed by atoms with Gasteiger partial charge in [-0.25, -0.2) is 0 Å². The Morgan fingerprint density at radius 3 is 2.11 bits per heavy atom. The molecule has 0 radical (unpaired) electrons. The van der Waals surface area contributed by atoms with Gasteiger partial charge in [0.25, 0.3) is 0 Å². The molecule has 0 saturated carbocycles. The predicted molar refractivity (Wildman–Crippen MR) is 42.0 cm³/mol. The maximum absolute atomic E-state index is 7.02. The molecule has 0 saturated heterocycles. The number of hydrogen-bond acceptors (Lipinski definition) is 1. The summed E-state index contributed by atoms with van der Waals surface area (Å²) in [5.41, 5.74) is 1.85. The molecule has 1 heteroatoms. The lowest BCUT2D eigenvalue weighted by atomic mass is 10.3. The molecule has 0 rings (SSSR count). The van der Waals surface area contributed by atoms with Crippen LogP contribution in [0.1, 0.15) is 20.8 Å². The average Bonchev–Trinajstić information content (AvgIpc) is 1.63. The lowest BCUT2D eigenvalue weighted by molar-refractivity contribution is 1.39. The summed E-state index contributed by atoms with van der Waals surface area (Å²) in [6, 6.07) is 0. The second-order valence-electron chi connectivity index (χ2n) is 2.29. The molecule has 0 fully saturated rings. The zero-order chi connectivity index (χ0) is 7.28. The van der Waals surface area contributed by atoms with E-state index in [1.807, 2.05) is 26.0 Å². The summed E-state index contributed by atoms with van der Waals surface area (Å²) in [7, 11) is 0. The maximum Gasteiger partial charge on any atom is 0.0282 e.